The van der Waals surface area contributed by atoms with Crippen LogP contribution in [-0.2, 0) is 0 Å². The third kappa shape index (κ3) is 4.37. The predicted molar refractivity (Wildman–Crippen MR) is 105 cm³/mol. The van der Waals surface area contributed by atoms with Gasteiger partial charge < -0.3 is 14.2 Å². The van der Waals surface area contributed by atoms with Gasteiger partial charge in [-0.3, -0.25) is 4.79 Å². The van der Waals surface area contributed by atoms with Crippen molar-refractivity contribution in [1.82, 2.24) is 10.1 Å². The number of carbonyl (C=O) groups is 1. The molecule has 0 saturated heterocycles. The predicted octanol–water partition coefficient (Wildman–Crippen LogP) is 4.42. The molecule has 3 rings (SSSR count). The summed E-state index contributed by atoms with van der Waals surface area (Å²) in [7, 11) is 1.76. The average Bonchev–Trinajstić information content (AvgIpc) is 3.02. The Kier molecular flexibility index (Phi) is 5.60. The molecule has 0 radical (unpaired) electrons. The lowest BCUT2D eigenvalue weighted by atomic mass is 10.1. The molecule has 5 nitrogen and oxygen atoms in total. The Hall–Kier alpha value is -3.08. The van der Waals surface area contributed by atoms with Crippen molar-refractivity contribution in [1.29, 1.82) is 0 Å². The highest BCUT2D eigenvalue weighted by Crippen LogP contribution is 2.26. The van der Waals surface area contributed by atoms with Crippen molar-refractivity contribution in [2.24, 2.45) is 0 Å². The molecule has 27 heavy (non-hydrogen) atoms. The number of benzene rings is 2. The summed E-state index contributed by atoms with van der Waals surface area (Å²) in [5.41, 5.74) is 4.23. The topological polar surface area (TPSA) is 55.6 Å². The summed E-state index contributed by atoms with van der Waals surface area (Å²) in [6.45, 7) is 6.71. The molecule has 0 unspecified atom stereocenters. The minimum Gasteiger partial charge on any atom is -0.492 e. The smallest absolute Gasteiger partial charge is 0.259 e. The van der Waals surface area contributed by atoms with Crippen LogP contribution in [0, 0.1) is 20.8 Å². The summed E-state index contributed by atoms with van der Waals surface area (Å²) in [5.74, 6) is 1.21. The zero-order chi connectivity index (χ0) is 19.4. The van der Waals surface area contributed by atoms with E-state index in [0.717, 1.165) is 22.4 Å². The first-order valence-corrected chi connectivity index (χ1v) is 8.94. The fraction of sp³-hybridized carbons (Fsp3) is 0.273. The third-order valence-electron chi connectivity index (χ3n) is 4.36. The zero-order valence-corrected chi connectivity index (χ0v) is 16.2. The summed E-state index contributed by atoms with van der Waals surface area (Å²) >= 11 is 0. The summed E-state index contributed by atoms with van der Waals surface area (Å²) in [6, 6.07) is 15.7. The van der Waals surface area contributed by atoms with Crippen LogP contribution in [0.3, 0.4) is 0 Å². The highest BCUT2D eigenvalue weighted by atomic mass is 16.5. The van der Waals surface area contributed by atoms with Crippen molar-refractivity contribution in [3.63, 3.8) is 0 Å². The highest BCUT2D eigenvalue weighted by Gasteiger charge is 2.24. The van der Waals surface area contributed by atoms with Gasteiger partial charge in [-0.05, 0) is 44.0 Å². The van der Waals surface area contributed by atoms with E-state index < -0.39 is 0 Å². The van der Waals surface area contributed by atoms with E-state index in [9.17, 15) is 4.79 Å². The van der Waals surface area contributed by atoms with Crippen LogP contribution in [0.15, 0.2) is 53.1 Å². The maximum absolute atomic E-state index is 12.9. The molecule has 0 aliphatic heterocycles. The second-order valence-electron chi connectivity index (χ2n) is 6.73. The van der Waals surface area contributed by atoms with Crippen molar-refractivity contribution in [3.05, 3.63) is 71.0 Å². The van der Waals surface area contributed by atoms with Crippen molar-refractivity contribution < 1.29 is 14.1 Å². The van der Waals surface area contributed by atoms with Gasteiger partial charge >= 0.3 is 0 Å². The van der Waals surface area contributed by atoms with Gasteiger partial charge in [-0.2, -0.15) is 0 Å². The fourth-order valence-corrected chi connectivity index (χ4v) is 3.03. The molecule has 0 aliphatic rings. The Morgan fingerprint density at radius 2 is 1.74 bits per heavy atom. The molecule has 2 aromatic carbocycles. The molecule has 0 bridgehead atoms. The van der Waals surface area contributed by atoms with E-state index in [0.29, 0.717) is 30.2 Å². The molecule has 0 aliphatic carbocycles. The lowest BCUT2D eigenvalue weighted by Gasteiger charge is -2.18. The second-order valence-corrected chi connectivity index (χ2v) is 6.73. The van der Waals surface area contributed by atoms with E-state index in [-0.39, 0.29) is 5.91 Å². The normalized spacial score (nSPS) is 10.7. The Labute approximate surface area is 159 Å². The van der Waals surface area contributed by atoms with E-state index in [1.165, 1.54) is 0 Å². The van der Waals surface area contributed by atoms with Gasteiger partial charge in [-0.1, -0.05) is 41.6 Å². The quantitative estimate of drug-likeness (QED) is 0.650. The SMILES string of the molecule is Cc1cc(C)cc(OCCN(C)C(=O)c2c(-c3ccccc3)noc2C)c1. The monoisotopic (exact) mass is 364 g/mol. The minimum atomic E-state index is -0.128. The number of likely N-dealkylation sites (N-methyl/N-ethyl adjacent to an activating group) is 1. The molecule has 0 spiro atoms. The molecular formula is C22H24N2O3. The maximum atomic E-state index is 12.9. The van der Waals surface area contributed by atoms with E-state index >= 15 is 0 Å². The van der Waals surface area contributed by atoms with E-state index in [1.54, 1.807) is 18.9 Å². The Balaban J connectivity index is 1.68. The molecule has 1 amide bonds. The average molecular weight is 364 g/mol. The van der Waals surface area contributed by atoms with E-state index in [2.05, 4.69) is 11.2 Å². The summed E-state index contributed by atoms with van der Waals surface area (Å²) in [4.78, 5) is 14.6. The number of ether oxygens (including phenoxy) is 1. The largest absolute Gasteiger partial charge is 0.492 e. The van der Waals surface area contributed by atoms with Crippen molar-refractivity contribution in [2.75, 3.05) is 20.2 Å². The first kappa shape index (κ1) is 18.7. The number of aromatic nitrogens is 1. The number of nitrogens with zero attached hydrogens (tertiary/aromatic N) is 2. The fourth-order valence-electron chi connectivity index (χ4n) is 3.03. The molecule has 3 aromatic rings. The second kappa shape index (κ2) is 8.08. The van der Waals surface area contributed by atoms with Crippen molar-refractivity contribution >= 4 is 5.91 Å². The van der Waals surface area contributed by atoms with Crippen LogP contribution in [0.2, 0.25) is 0 Å². The molecule has 0 N–H and O–H groups in total. The van der Waals surface area contributed by atoms with Crippen LogP contribution in [0.25, 0.3) is 11.3 Å². The number of carbonyl (C=O) groups excluding carboxylic acids is 1. The summed E-state index contributed by atoms with van der Waals surface area (Å²) < 4.78 is 11.1. The number of hydrogen-bond acceptors (Lipinski definition) is 4. The molecule has 1 aromatic heterocycles. The minimum absolute atomic E-state index is 0.128. The Morgan fingerprint density at radius 1 is 1.07 bits per heavy atom. The zero-order valence-electron chi connectivity index (χ0n) is 16.2. The molecule has 0 fully saturated rings. The van der Waals surface area contributed by atoms with Crippen LogP contribution >= 0.6 is 0 Å². The van der Waals surface area contributed by atoms with Crippen LogP contribution in [-0.4, -0.2) is 36.2 Å². The van der Waals surface area contributed by atoms with Crippen molar-refractivity contribution in [2.45, 2.75) is 20.8 Å². The summed E-state index contributed by atoms with van der Waals surface area (Å²) in [6.07, 6.45) is 0. The van der Waals surface area contributed by atoms with Gasteiger partial charge in [0.05, 0.1) is 6.54 Å². The molecular weight excluding hydrogens is 340 g/mol. The molecule has 0 saturated carbocycles. The number of rotatable bonds is 6. The Bertz CT molecular complexity index is 912. The van der Waals surface area contributed by atoms with Gasteiger partial charge in [0, 0.05) is 12.6 Å². The summed E-state index contributed by atoms with van der Waals surface area (Å²) in [5, 5.41) is 4.08. The van der Waals surface area contributed by atoms with Gasteiger partial charge in [-0.25, -0.2) is 0 Å². The highest BCUT2D eigenvalue weighted by molar-refractivity contribution is 6.00. The Morgan fingerprint density at radius 3 is 2.41 bits per heavy atom. The number of hydrogen-bond donors (Lipinski definition) is 0. The lowest BCUT2D eigenvalue weighted by molar-refractivity contribution is 0.0772. The lowest BCUT2D eigenvalue weighted by Crippen LogP contribution is -2.31. The van der Waals surface area contributed by atoms with Gasteiger partial charge in [0.1, 0.15) is 29.4 Å². The van der Waals surface area contributed by atoms with Crippen LogP contribution in [0.4, 0.5) is 0 Å². The number of amides is 1. The molecule has 140 valence electrons. The third-order valence-corrected chi connectivity index (χ3v) is 4.36. The van der Waals surface area contributed by atoms with Crippen LogP contribution in [0.1, 0.15) is 27.2 Å². The maximum Gasteiger partial charge on any atom is 0.259 e. The van der Waals surface area contributed by atoms with Crippen molar-refractivity contribution in [3.8, 4) is 17.0 Å². The van der Waals surface area contributed by atoms with Gasteiger partial charge in [-0.15, -0.1) is 0 Å². The van der Waals surface area contributed by atoms with Crippen LogP contribution < -0.4 is 4.74 Å². The van der Waals surface area contributed by atoms with Gasteiger partial charge in [0.2, 0.25) is 0 Å². The standard InChI is InChI=1S/C22H24N2O3/c1-15-12-16(2)14-19(13-15)26-11-10-24(4)22(25)20-17(3)27-23-21(20)18-8-6-5-7-9-18/h5-9,12-14H,10-11H2,1-4H3. The first-order valence-electron chi connectivity index (χ1n) is 8.94. The van der Waals surface area contributed by atoms with Crippen LogP contribution in [0.5, 0.6) is 5.75 Å². The number of aryl methyl sites for hydroxylation is 3. The van der Waals surface area contributed by atoms with E-state index in [4.69, 9.17) is 9.26 Å². The molecule has 0 atom stereocenters. The first-order chi connectivity index (χ1) is 13.0. The van der Waals surface area contributed by atoms with Gasteiger partial charge in [0.15, 0.2) is 0 Å². The van der Waals surface area contributed by atoms with Gasteiger partial charge in [0.25, 0.3) is 5.91 Å². The molecule has 5 heteroatoms. The molecule has 1 heterocycles. The van der Waals surface area contributed by atoms with E-state index in [1.807, 2.05) is 56.3 Å².